The lowest BCUT2D eigenvalue weighted by Gasteiger charge is -2.29. The van der Waals surface area contributed by atoms with E-state index in [1.54, 1.807) is 0 Å². The summed E-state index contributed by atoms with van der Waals surface area (Å²) in [5.41, 5.74) is 0. The minimum absolute atomic E-state index is 0.208. The lowest BCUT2D eigenvalue weighted by Crippen LogP contribution is -2.46. The van der Waals surface area contributed by atoms with Gasteiger partial charge in [0, 0.05) is 31.2 Å². The Kier molecular flexibility index (Phi) is 12.4. The highest BCUT2D eigenvalue weighted by Crippen LogP contribution is 2.23. The second-order valence-electron chi connectivity index (χ2n) is 4.61. The molecule has 0 heterocycles. The second kappa shape index (κ2) is 12.2. The minimum Gasteiger partial charge on any atom is -0.374 e. The average Bonchev–Trinajstić information content (AvgIpc) is 2.38. The van der Waals surface area contributed by atoms with E-state index in [-0.39, 0.29) is 5.38 Å². The van der Waals surface area contributed by atoms with Crippen LogP contribution < -0.4 is 0 Å². The molecule has 0 saturated heterocycles. The molecule has 0 N–H and O–H groups in total. The number of hydrogen-bond donors (Lipinski definition) is 0. The quantitative estimate of drug-likeness (QED) is 0.282. The van der Waals surface area contributed by atoms with Gasteiger partial charge >= 0.3 is 8.80 Å². The van der Waals surface area contributed by atoms with Gasteiger partial charge in [-0.05, 0) is 33.6 Å². The van der Waals surface area contributed by atoms with E-state index >= 15 is 0 Å². The smallest absolute Gasteiger partial charge is 0.374 e. The van der Waals surface area contributed by atoms with Crippen molar-refractivity contribution in [2.24, 2.45) is 0 Å². The Bertz CT molecular complexity index is 188. The third kappa shape index (κ3) is 9.03. The van der Waals surface area contributed by atoms with Gasteiger partial charge in [0.15, 0.2) is 0 Å². The van der Waals surface area contributed by atoms with E-state index in [1.165, 1.54) is 19.3 Å². The van der Waals surface area contributed by atoms with Gasteiger partial charge in [0.25, 0.3) is 0 Å². The van der Waals surface area contributed by atoms with Crippen LogP contribution in [0.1, 0.15) is 59.8 Å². The Morgan fingerprint density at radius 1 is 0.842 bits per heavy atom. The fraction of sp³-hybridized carbons (Fsp3) is 1.00. The van der Waals surface area contributed by atoms with Crippen LogP contribution in [-0.4, -0.2) is 34.0 Å². The molecule has 1 unspecified atom stereocenters. The lowest BCUT2D eigenvalue weighted by atomic mass is 10.1. The van der Waals surface area contributed by atoms with Crippen LogP contribution in [0.4, 0.5) is 0 Å². The molecule has 116 valence electrons. The summed E-state index contributed by atoms with van der Waals surface area (Å²) < 4.78 is 17.5. The molecule has 3 nitrogen and oxygen atoms in total. The molecule has 1 atom stereocenters. The maximum absolute atomic E-state index is 6.38. The Morgan fingerprint density at radius 3 is 1.79 bits per heavy atom. The topological polar surface area (TPSA) is 27.7 Å². The van der Waals surface area contributed by atoms with Crippen LogP contribution >= 0.6 is 11.6 Å². The summed E-state index contributed by atoms with van der Waals surface area (Å²) in [5, 5.41) is 0.208. The fourth-order valence-electron chi connectivity index (χ4n) is 2.09. The summed E-state index contributed by atoms with van der Waals surface area (Å²) in [4.78, 5) is 0. The van der Waals surface area contributed by atoms with Crippen molar-refractivity contribution in [2.45, 2.75) is 71.2 Å². The van der Waals surface area contributed by atoms with Gasteiger partial charge in [0.2, 0.25) is 0 Å². The van der Waals surface area contributed by atoms with E-state index in [0.717, 1.165) is 18.9 Å². The van der Waals surface area contributed by atoms with Crippen molar-refractivity contribution in [3.05, 3.63) is 0 Å². The lowest BCUT2D eigenvalue weighted by molar-refractivity contribution is 0.0707. The molecule has 0 fully saturated rings. The molecule has 0 amide bonds. The number of hydrogen-bond acceptors (Lipinski definition) is 3. The fourth-order valence-corrected chi connectivity index (χ4v) is 5.25. The van der Waals surface area contributed by atoms with Crippen molar-refractivity contribution in [3.8, 4) is 0 Å². The zero-order valence-electron chi connectivity index (χ0n) is 13.0. The Labute approximate surface area is 125 Å². The van der Waals surface area contributed by atoms with E-state index in [1.807, 2.05) is 20.8 Å². The normalized spacial score (nSPS) is 13.7. The van der Waals surface area contributed by atoms with Crippen LogP contribution in [0.25, 0.3) is 0 Å². The summed E-state index contributed by atoms with van der Waals surface area (Å²) in [6.07, 6.45) is 5.69. The molecule has 0 radical (unpaired) electrons. The highest BCUT2D eigenvalue weighted by Gasteiger charge is 2.40. The molecule has 0 bridgehead atoms. The van der Waals surface area contributed by atoms with Gasteiger partial charge < -0.3 is 13.3 Å². The van der Waals surface area contributed by atoms with Gasteiger partial charge in [-0.2, -0.15) is 0 Å². The number of rotatable bonds is 13. The van der Waals surface area contributed by atoms with Crippen LogP contribution in [0.3, 0.4) is 0 Å². The molecule has 0 saturated carbocycles. The van der Waals surface area contributed by atoms with Gasteiger partial charge in [-0.3, -0.25) is 0 Å². The summed E-state index contributed by atoms with van der Waals surface area (Å²) in [6, 6.07) is 0.822. The van der Waals surface area contributed by atoms with Crippen molar-refractivity contribution in [1.29, 1.82) is 0 Å². The molecule has 19 heavy (non-hydrogen) atoms. The summed E-state index contributed by atoms with van der Waals surface area (Å²) >= 11 is 6.38. The van der Waals surface area contributed by atoms with E-state index in [9.17, 15) is 0 Å². The van der Waals surface area contributed by atoms with Gasteiger partial charge in [-0.25, -0.2) is 0 Å². The van der Waals surface area contributed by atoms with Gasteiger partial charge in [0.05, 0.1) is 0 Å². The zero-order chi connectivity index (χ0) is 14.6. The molecular weight excluding hydrogens is 280 g/mol. The van der Waals surface area contributed by atoms with Crippen molar-refractivity contribution in [1.82, 2.24) is 0 Å². The third-order valence-corrected chi connectivity index (χ3v) is 6.50. The first-order valence-corrected chi connectivity index (χ1v) is 10.1. The number of unbranched alkanes of at least 4 members (excludes halogenated alkanes) is 2. The van der Waals surface area contributed by atoms with Crippen LogP contribution in [-0.2, 0) is 13.3 Å². The van der Waals surface area contributed by atoms with Gasteiger partial charge in [0.1, 0.15) is 0 Å². The summed E-state index contributed by atoms with van der Waals surface area (Å²) in [7, 11) is -2.49. The van der Waals surface area contributed by atoms with Crippen molar-refractivity contribution in [3.63, 3.8) is 0 Å². The first kappa shape index (κ1) is 19.4. The first-order valence-electron chi connectivity index (χ1n) is 7.70. The van der Waals surface area contributed by atoms with E-state index in [0.29, 0.717) is 19.8 Å². The predicted octanol–water partition coefficient (Wildman–Crippen LogP) is 4.61. The van der Waals surface area contributed by atoms with Crippen molar-refractivity contribution in [2.75, 3.05) is 19.8 Å². The standard InChI is InChI=1S/C14H31ClO3Si/c1-5-9-10-11-14(15)12-13-19(16-6-2,17-7-3)18-8-4/h14H,5-13H2,1-4H3. The van der Waals surface area contributed by atoms with Crippen LogP contribution in [0.2, 0.25) is 6.04 Å². The van der Waals surface area contributed by atoms with Crippen LogP contribution in [0, 0.1) is 0 Å². The molecule has 0 spiro atoms. The molecule has 0 aromatic carbocycles. The molecule has 0 aliphatic carbocycles. The predicted molar refractivity (Wildman–Crippen MR) is 83.8 cm³/mol. The third-order valence-electron chi connectivity index (χ3n) is 2.98. The molecule has 0 aliphatic rings. The Hall–Kier alpha value is 0.387. The highest BCUT2D eigenvalue weighted by atomic mass is 35.5. The zero-order valence-corrected chi connectivity index (χ0v) is 14.8. The largest absolute Gasteiger partial charge is 0.500 e. The average molecular weight is 311 g/mol. The minimum atomic E-state index is -2.49. The SMILES string of the molecule is CCCCCC(Cl)CC[Si](OCC)(OCC)OCC. The first-order chi connectivity index (χ1) is 9.14. The molecule has 0 rings (SSSR count). The number of halogens is 1. The molecule has 0 aromatic heterocycles. The van der Waals surface area contributed by atoms with Crippen molar-refractivity contribution < 1.29 is 13.3 Å². The maximum atomic E-state index is 6.38. The van der Waals surface area contributed by atoms with Crippen LogP contribution in [0.15, 0.2) is 0 Å². The number of alkyl halides is 1. The van der Waals surface area contributed by atoms with E-state index in [2.05, 4.69) is 6.92 Å². The van der Waals surface area contributed by atoms with Gasteiger partial charge in [-0.15, -0.1) is 11.6 Å². The molecule has 0 aliphatic heterocycles. The summed E-state index contributed by atoms with van der Waals surface area (Å²) in [5.74, 6) is 0. The molecule has 0 aromatic rings. The van der Waals surface area contributed by atoms with E-state index < -0.39 is 8.80 Å². The Balaban J connectivity index is 4.21. The van der Waals surface area contributed by atoms with Crippen LogP contribution in [0.5, 0.6) is 0 Å². The second-order valence-corrected chi connectivity index (χ2v) is 7.96. The van der Waals surface area contributed by atoms with Crippen molar-refractivity contribution >= 4 is 20.4 Å². The molecular formula is C14H31ClO3Si. The highest BCUT2D eigenvalue weighted by molar-refractivity contribution is 6.60. The monoisotopic (exact) mass is 310 g/mol. The van der Waals surface area contributed by atoms with E-state index in [4.69, 9.17) is 24.9 Å². The molecule has 5 heteroatoms. The maximum Gasteiger partial charge on any atom is 0.500 e. The summed E-state index contributed by atoms with van der Waals surface area (Å²) in [6.45, 7) is 10.1. The van der Waals surface area contributed by atoms with Gasteiger partial charge in [-0.1, -0.05) is 26.2 Å². The Morgan fingerprint density at radius 2 is 1.37 bits per heavy atom.